The van der Waals surface area contributed by atoms with Gasteiger partial charge in [-0.25, -0.2) is 0 Å². The molecule has 0 aliphatic carbocycles. The van der Waals surface area contributed by atoms with Crippen LogP contribution in [0.15, 0.2) is 29.3 Å². The zero-order valence-electron chi connectivity index (χ0n) is 9.88. The number of benzene rings is 1. The van der Waals surface area contributed by atoms with E-state index in [1.807, 2.05) is 6.07 Å². The minimum absolute atomic E-state index is 0.177. The molecule has 0 radical (unpaired) electrons. The zero-order valence-corrected chi connectivity index (χ0v) is 10.6. The number of hydrogen-bond acceptors (Lipinski definition) is 3. The third kappa shape index (κ3) is 2.53. The highest BCUT2D eigenvalue weighted by atomic mass is 35.5. The number of anilines is 1. The molecule has 1 aromatic rings. The molecule has 0 aromatic heterocycles. The second kappa shape index (κ2) is 5.21. The molecule has 1 amide bonds. The average molecular weight is 262 g/mol. The van der Waals surface area contributed by atoms with Crippen LogP contribution in [0.4, 0.5) is 5.69 Å². The smallest absolute Gasteiger partial charge is 0.251 e. The zero-order chi connectivity index (χ0) is 13.1. The number of nitriles is 1. The largest absolute Gasteiger partial charge is 0.321 e. The summed E-state index contributed by atoms with van der Waals surface area (Å²) in [7, 11) is 0. The topological polar surface area (TPSA) is 64.9 Å². The fourth-order valence-electron chi connectivity index (χ4n) is 1.58. The van der Waals surface area contributed by atoms with Gasteiger partial charge in [-0.1, -0.05) is 11.6 Å². The predicted octanol–water partition coefficient (Wildman–Crippen LogP) is 2.07. The maximum Gasteiger partial charge on any atom is 0.251 e. The molecule has 0 atom stereocenters. The van der Waals surface area contributed by atoms with Crippen molar-refractivity contribution in [2.24, 2.45) is 0 Å². The molecule has 92 valence electrons. The van der Waals surface area contributed by atoms with Crippen molar-refractivity contribution < 1.29 is 4.79 Å². The van der Waals surface area contributed by atoms with Crippen molar-refractivity contribution in [1.29, 1.82) is 5.26 Å². The van der Waals surface area contributed by atoms with Gasteiger partial charge in [-0.2, -0.15) is 5.26 Å². The summed E-state index contributed by atoms with van der Waals surface area (Å²) >= 11 is 5.98. The maximum absolute atomic E-state index is 12.0. The molecule has 18 heavy (non-hydrogen) atoms. The highest BCUT2D eigenvalue weighted by molar-refractivity contribution is 6.34. The average Bonchev–Trinajstić information content (AvgIpc) is 2.29. The molecule has 2 rings (SSSR count). The van der Waals surface area contributed by atoms with Gasteiger partial charge in [-0.15, -0.1) is 0 Å². The Bertz CT molecular complexity index is 566. The molecular weight excluding hydrogens is 250 g/mol. The molecule has 4 nitrogen and oxygen atoms in total. The summed E-state index contributed by atoms with van der Waals surface area (Å²) in [4.78, 5) is 12.0. The molecule has 1 aliphatic heterocycles. The minimum atomic E-state index is -0.177. The Balaban J connectivity index is 2.19. The molecule has 5 heteroatoms. The van der Waals surface area contributed by atoms with E-state index in [-0.39, 0.29) is 5.91 Å². The van der Waals surface area contributed by atoms with Gasteiger partial charge in [-0.05, 0) is 30.7 Å². The number of nitrogens with one attached hydrogen (secondary N) is 2. The van der Waals surface area contributed by atoms with Gasteiger partial charge in [-0.3, -0.25) is 4.79 Å². The first-order valence-corrected chi connectivity index (χ1v) is 5.90. The first-order valence-electron chi connectivity index (χ1n) is 5.52. The van der Waals surface area contributed by atoms with E-state index in [1.165, 1.54) is 0 Å². The number of nitrogens with zero attached hydrogens (tertiary/aromatic N) is 1. The van der Waals surface area contributed by atoms with E-state index >= 15 is 0 Å². The van der Waals surface area contributed by atoms with Gasteiger partial charge in [0.2, 0.25) is 0 Å². The molecule has 1 aliphatic rings. The van der Waals surface area contributed by atoms with Crippen LogP contribution in [0, 0.1) is 11.3 Å². The van der Waals surface area contributed by atoms with Gasteiger partial charge in [0.05, 0.1) is 22.3 Å². The third-order valence-corrected chi connectivity index (χ3v) is 3.22. The van der Waals surface area contributed by atoms with Crippen LogP contribution >= 0.6 is 11.6 Å². The SMILES string of the molecule is CC(C(=O)Nc1cc(C#N)ccc1Cl)=C1CNC1. The van der Waals surface area contributed by atoms with Gasteiger partial charge in [0.15, 0.2) is 0 Å². The van der Waals surface area contributed by atoms with Crippen molar-refractivity contribution in [3.63, 3.8) is 0 Å². The second-order valence-corrected chi connectivity index (χ2v) is 4.50. The van der Waals surface area contributed by atoms with Crippen LogP contribution in [-0.2, 0) is 4.79 Å². The lowest BCUT2D eigenvalue weighted by Gasteiger charge is -2.21. The van der Waals surface area contributed by atoms with Gasteiger partial charge in [0, 0.05) is 18.7 Å². The van der Waals surface area contributed by atoms with Gasteiger partial charge in [0.1, 0.15) is 0 Å². The lowest BCUT2D eigenvalue weighted by atomic mass is 10.0. The molecular formula is C13H12ClN3O. The van der Waals surface area contributed by atoms with E-state index in [4.69, 9.17) is 16.9 Å². The normalized spacial score (nSPS) is 13.5. The standard InChI is InChI=1S/C13H12ClN3O/c1-8(10-6-16-7-10)13(18)17-12-4-9(5-15)2-3-11(12)14/h2-4,16H,6-7H2,1H3,(H,17,18). The molecule has 1 heterocycles. The van der Waals surface area contributed by atoms with E-state index in [2.05, 4.69) is 10.6 Å². The molecule has 0 saturated carbocycles. The van der Waals surface area contributed by atoms with Crippen LogP contribution in [-0.4, -0.2) is 19.0 Å². The summed E-state index contributed by atoms with van der Waals surface area (Å²) in [5, 5.41) is 15.0. The number of carbonyl (C=O) groups excluding carboxylic acids is 1. The number of carbonyl (C=O) groups is 1. The van der Waals surface area contributed by atoms with E-state index in [1.54, 1.807) is 25.1 Å². The summed E-state index contributed by atoms with van der Waals surface area (Å²) in [6.45, 7) is 3.30. The Morgan fingerprint density at radius 1 is 1.50 bits per heavy atom. The van der Waals surface area contributed by atoms with Crippen molar-refractivity contribution in [2.45, 2.75) is 6.92 Å². The van der Waals surface area contributed by atoms with E-state index in [0.29, 0.717) is 21.8 Å². The fraction of sp³-hybridized carbons (Fsp3) is 0.231. The summed E-state index contributed by atoms with van der Waals surface area (Å²) in [6, 6.07) is 6.79. The minimum Gasteiger partial charge on any atom is -0.321 e. The lowest BCUT2D eigenvalue weighted by Crippen LogP contribution is -2.36. The Labute approximate surface area is 110 Å². The van der Waals surface area contributed by atoms with E-state index < -0.39 is 0 Å². The summed E-state index contributed by atoms with van der Waals surface area (Å²) in [5.41, 5.74) is 2.73. The molecule has 0 bridgehead atoms. The summed E-state index contributed by atoms with van der Waals surface area (Å²) in [5.74, 6) is -0.177. The Morgan fingerprint density at radius 2 is 2.22 bits per heavy atom. The highest BCUT2D eigenvalue weighted by Crippen LogP contribution is 2.23. The second-order valence-electron chi connectivity index (χ2n) is 4.09. The van der Waals surface area contributed by atoms with Crippen LogP contribution in [0.1, 0.15) is 12.5 Å². The molecule has 0 spiro atoms. The summed E-state index contributed by atoms with van der Waals surface area (Å²) < 4.78 is 0. The monoisotopic (exact) mass is 261 g/mol. The summed E-state index contributed by atoms with van der Waals surface area (Å²) in [6.07, 6.45) is 0. The quantitative estimate of drug-likeness (QED) is 0.801. The number of halogens is 1. The van der Waals surface area contributed by atoms with Crippen molar-refractivity contribution in [1.82, 2.24) is 5.32 Å². The molecule has 1 aromatic carbocycles. The first-order chi connectivity index (χ1) is 8.61. The Morgan fingerprint density at radius 3 is 2.78 bits per heavy atom. The van der Waals surface area contributed by atoms with Crippen LogP contribution in [0.2, 0.25) is 5.02 Å². The number of amides is 1. The van der Waals surface area contributed by atoms with Gasteiger partial charge < -0.3 is 10.6 Å². The third-order valence-electron chi connectivity index (χ3n) is 2.89. The van der Waals surface area contributed by atoms with E-state index in [0.717, 1.165) is 18.7 Å². The highest BCUT2D eigenvalue weighted by Gasteiger charge is 2.16. The first kappa shape index (κ1) is 12.6. The van der Waals surface area contributed by atoms with Gasteiger partial charge >= 0.3 is 0 Å². The van der Waals surface area contributed by atoms with Crippen LogP contribution in [0.25, 0.3) is 0 Å². The van der Waals surface area contributed by atoms with Crippen LogP contribution in [0.5, 0.6) is 0 Å². The fourth-order valence-corrected chi connectivity index (χ4v) is 1.75. The number of hydrogen-bond donors (Lipinski definition) is 2. The molecule has 1 fully saturated rings. The van der Waals surface area contributed by atoms with Crippen LogP contribution < -0.4 is 10.6 Å². The molecule has 1 saturated heterocycles. The lowest BCUT2D eigenvalue weighted by molar-refractivity contribution is -0.112. The molecule has 2 N–H and O–H groups in total. The van der Waals surface area contributed by atoms with Gasteiger partial charge in [0.25, 0.3) is 5.91 Å². The van der Waals surface area contributed by atoms with Crippen LogP contribution in [0.3, 0.4) is 0 Å². The Hall–Kier alpha value is -1.83. The van der Waals surface area contributed by atoms with Crippen molar-refractivity contribution >= 4 is 23.2 Å². The molecule has 0 unspecified atom stereocenters. The Kier molecular flexibility index (Phi) is 3.66. The number of rotatable bonds is 2. The predicted molar refractivity (Wildman–Crippen MR) is 70.4 cm³/mol. The van der Waals surface area contributed by atoms with Crippen molar-refractivity contribution in [2.75, 3.05) is 18.4 Å². The van der Waals surface area contributed by atoms with Crippen molar-refractivity contribution in [3.05, 3.63) is 39.9 Å². The van der Waals surface area contributed by atoms with Crippen molar-refractivity contribution in [3.8, 4) is 6.07 Å². The maximum atomic E-state index is 12.0. The van der Waals surface area contributed by atoms with E-state index in [9.17, 15) is 4.79 Å².